The second-order valence-electron chi connectivity index (χ2n) is 9.01. The predicted octanol–water partition coefficient (Wildman–Crippen LogP) is 3.79. The van der Waals surface area contributed by atoms with Gasteiger partial charge in [0.05, 0.1) is 17.0 Å². The van der Waals surface area contributed by atoms with Crippen LogP contribution in [0.1, 0.15) is 45.2 Å². The van der Waals surface area contributed by atoms with Gasteiger partial charge in [-0.25, -0.2) is 8.78 Å². The fraction of sp³-hybridized carbons (Fsp3) is 0.409. The van der Waals surface area contributed by atoms with E-state index in [4.69, 9.17) is 0 Å². The summed E-state index contributed by atoms with van der Waals surface area (Å²) in [6, 6.07) is 2.31. The molecule has 0 spiro atoms. The van der Waals surface area contributed by atoms with Crippen molar-refractivity contribution in [3.8, 4) is 0 Å². The lowest BCUT2D eigenvalue weighted by Gasteiger charge is -2.22. The number of halogens is 6. The van der Waals surface area contributed by atoms with Crippen LogP contribution in [0.4, 0.5) is 33.3 Å². The monoisotopic (exact) mass is 607 g/mol. The lowest BCUT2D eigenvalue weighted by Crippen LogP contribution is -2.39. The van der Waals surface area contributed by atoms with E-state index >= 15 is 8.78 Å². The Balaban J connectivity index is 1.62. The van der Waals surface area contributed by atoms with Gasteiger partial charge in [-0.1, -0.05) is 15.9 Å². The number of benzene rings is 1. The van der Waals surface area contributed by atoms with Crippen LogP contribution in [0.15, 0.2) is 33.5 Å². The summed E-state index contributed by atoms with van der Waals surface area (Å²) < 4.78 is 67.8. The van der Waals surface area contributed by atoms with Crippen molar-refractivity contribution in [3.05, 3.63) is 66.0 Å². The minimum atomic E-state index is -4.79. The molecule has 16 heteroatoms. The summed E-state index contributed by atoms with van der Waals surface area (Å²) in [5.74, 6) is -5.84. The largest absolute Gasteiger partial charge is 0.405 e. The van der Waals surface area contributed by atoms with Crippen molar-refractivity contribution in [1.29, 1.82) is 0 Å². The fourth-order valence-corrected chi connectivity index (χ4v) is 4.54. The number of nitro benzene ring substituents is 1. The summed E-state index contributed by atoms with van der Waals surface area (Å²) in [6.45, 7) is -3.53. The van der Waals surface area contributed by atoms with E-state index < -0.39 is 77.0 Å². The maximum absolute atomic E-state index is 15.0. The number of alkyl halides is 5. The average molecular weight is 608 g/mol. The summed E-state index contributed by atoms with van der Waals surface area (Å²) in [5.41, 5.74) is -2.42. The van der Waals surface area contributed by atoms with E-state index in [9.17, 15) is 37.7 Å². The van der Waals surface area contributed by atoms with Gasteiger partial charge in [0.2, 0.25) is 5.56 Å². The molecule has 1 aromatic carbocycles. The molecule has 0 radical (unpaired) electrons. The van der Waals surface area contributed by atoms with E-state index in [0.717, 1.165) is 35.9 Å². The van der Waals surface area contributed by atoms with Gasteiger partial charge in [-0.2, -0.15) is 13.2 Å². The first-order chi connectivity index (χ1) is 17.6. The van der Waals surface area contributed by atoms with Crippen molar-refractivity contribution in [1.82, 2.24) is 15.2 Å². The third kappa shape index (κ3) is 6.11. The Hall–Kier alpha value is -3.56. The zero-order valence-corrected chi connectivity index (χ0v) is 20.8. The van der Waals surface area contributed by atoms with Gasteiger partial charge in [-0.15, -0.1) is 0 Å². The van der Waals surface area contributed by atoms with Crippen LogP contribution < -0.4 is 16.2 Å². The number of nitrogens with zero attached hydrogens (tertiary/aromatic N) is 2. The molecule has 1 aliphatic heterocycles. The number of rotatable bonds is 7. The van der Waals surface area contributed by atoms with Gasteiger partial charge in [0.25, 0.3) is 23.4 Å². The molecule has 2 amide bonds. The number of pyridine rings is 1. The van der Waals surface area contributed by atoms with Gasteiger partial charge in [-0.3, -0.25) is 24.5 Å². The molecule has 4 rings (SSSR count). The number of nitro groups is 1. The lowest BCUT2D eigenvalue weighted by molar-refractivity contribution is -0.384. The lowest BCUT2D eigenvalue weighted by atomic mass is 10.1. The molecule has 1 atom stereocenters. The van der Waals surface area contributed by atoms with Crippen molar-refractivity contribution in [2.75, 3.05) is 25.0 Å². The Morgan fingerprint density at radius 3 is 2.50 bits per heavy atom. The van der Waals surface area contributed by atoms with Gasteiger partial charge in [0.15, 0.2) is 0 Å². The van der Waals surface area contributed by atoms with Gasteiger partial charge in [0.1, 0.15) is 18.3 Å². The zero-order valence-electron chi connectivity index (χ0n) is 19.2. The predicted molar refractivity (Wildman–Crippen MR) is 126 cm³/mol. The Labute approximate surface area is 218 Å². The molecule has 1 saturated heterocycles. The number of carbonyl (C=O) groups excluding carboxylic acids is 2. The first kappa shape index (κ1) is 27.5. The van der Waals surface area contributed by atoms with Crippen molar-refractivity contribution < 1.29 is 36.5 Å². The van der Waals surface area contributed by atoms with Crippen LogP contribution >= 0.6 is 15.9 Å². The molecule has 2 aromatic rings. The first-order valence-electron chi connectivity index (χ1n) is 11.2. The van der Waals surface area contributed by atoms with Crippen LogP contribution in [-0.4, -0.2) is 64.4 Å². The fourth-order valence-electron chi connectivity index (χ4n) is 4.09. The van der Waals surface area contributed by atoms with Gasteiger partial charge >= 0.3 is 6.18 Å². The average Bonchev–Trinajstić information content (AvgIpc) is 3.61. The molecular weight excluding hydrogens is 589 g/mol. The van der Waals surface area contributed by atoms with Gasteiger partial charge in [0, 0.05) is 34.4 Å². The number of hydrogen-bond donors (Lipinski definition) is 3. The number of nitrogens with one attached hydrogen (secondary N) is 3. The molecule has 1 saturated carbocycles. The molecule has 1 aliphatic carbocycles. The number of H-pyrrole nitrogens is 1. The van der Waals surface area contributed by atoms with Crippen LogP contribution in [0.3, 0.4) is 0 Å². The van der Waals surface area contributed by atoms with Gasteiger partial charge in [-0.05, 0) is 30.9 Å². The van der Waals surface area contributed by atoms with Crippen LogP contribution in [0.5, 0.6) is 0 Å². The summed E-state index contributed by atoms with van der Waals surface area (Å²) in [5, 5.41) is 15.4. The van der Waals surface area contributed by atoms with E-state index in [-0.39, 0.29) is 16.0 Å². The zero-order chi connectivity index (χ0) is 28.0. The van der Waals surface area contributed by atoms with E-state index in [2.05, 4.69) is 26.2 Å². The Morgan fingerprint density at radius 2 is 1.89 bits per heavy atom. The molecule has 0 bridgehead atoms. The number of anilines is 1. The Kier molecular flexibility index (Phi) is 7.20. The molecule has 38 heavy (non-hydrogen) atoms. The highest BCUT2D eigenvalue weighted by Crippen LogP contribution is 2.40. The van der Waals surface area contributed by atoms with Crippen LogP contribution in [0.2, 0.25) is 0 Å². The third-order valence-electron chi connectivity index (χ3n) is 6.02. The summed E-state index contributed by atoms with van der Waals surface area (Å²) in [4.78, 5) is 51.4. The van der Waals surface area contributed by atoms with Crippen molar-refractivity contribution in [3.63, 3.8) is 0 Å². The molecule has 2 aliphatic rings. The van der Waals surface area contributed by atoms with Crippen molar-refractivity contribution in [2.24, 2.45) is 0 Å². The van der Waals surface area contributed by atoms with Crippen molar-refractivity contribution >= 4 is 39.1 Å². The SMILES string of the molecule is O=C(NCC(F)(F)F)c1cc(Br)cc([N+](=O)[O-])c1N[C@H]1CN(C(=O)c2cc(C3CC3)[nH]c(=O)c2)CC1(F)F. The second-order valence-corrected chi connectivity index (χ2v) is 9.92. The van der Waals surface area contributed by atoms with Crippen LogP contribution in [0, 0.1) is 10.1 Å². The van der Waals surface area contributed by atoms with E-state index in [1.807, 2.05) is 0 Å². The smallest absolute Gasteiger partial charge is 0.369 e. The molecule has 10 nitrogen and oxygen atoms in total. The second kappa shape index (κ2) is 9.96. The Morgan fingerprint density at radius 1 is 1.21 bits per heavy atom. The van der Waals surface area contributed by atoms with E-state index in [0.29, 0.717) is 5.69 Å². The molecule has 0 unspecified atom stereocenters. The van der Waals surface area contributed by atoms with Crippen LogP contribution in [0.25, 0.3) is 0 Å². The highest BCUT2D eigenvalue weighted by atomic mass is 79.9. The number of aromatic amines is 1. The Bertz CT molecular complexity index is 1360. The van der Waals surface area contributed by atoms with Crippen molar-refractivity contribution in [2.45, 2.75) is 36.9 Å². The molecule has 1 aromatic heterocycles. The molecule has 3 N–H and O–H groups in total. The highest BCUT2D eigenvalue weighted by molar-refractivity contribution is 9.10. The molecule has 2 heterocycles. The summed E-state index contributed by atoms with van der Waals surface area (Å²) >= 11 is 2.93. The standard InChI is InChI=1S/C22H19BrF5N5O5/c23-12-5-13(19(35)29-8-22(26,27)28)18(15(6-12)33(37)38)31-16-7-32(9-21(16,24)25)20(36)11-3-14(10-1-2-10)30-17(34)4-11/h3-6,10,16,31H,1-2,7-9H2,(H,29,35)(H,30,34)/t16-/m0/s1. The topological polar surface area (TPSA) is 137 Å². The number of carbonyl (C=O) groups is 2. The molecule has 204 valence electrons. The number of aromatic nitrogens is 1. The quantitative estimate of drug-likeness (QED) is 0.249. The maximum Gasteiger partial charge on any atom is 0.405 e. The van der Waals surface area contributed by atoms with Crippen LogP contribution in [-0.2, 0) is 0 Å². The number of likely N-dealkylation sites (tertiary alicyclic amines) is 1. The van der Waals surface area contributed by atoms with E-state index in [1.165, 1.54) is 6.07 Å². The third-order valence-corrected chi connectivity index (χ3v) is 6.48. The number of hydrogen-bond acceptors (Lipinski definition) is 6. The minimum Gasteiger partial charge on any atom is -0.369 e. The summed E-state index contributed by atoms with van der Waals surface area (Å²) in [7, 11) is 0. The first-order valence-corrected chi connectivity index (χ1v) is 11.9. The molecular formula is C22H19BrF5N5O5. The molecule has 2 fully saturated rings. The maximum atomic E-state index is 15.0. The van der Waals surface area contributed by atoms with E-state index in [1.54, 1.807) is 5.32 Å². The normalized spacial score (nSPS) is 18.8. The van der Waals surface area contributed by atoms with Gasteiger partial charge < -0.3 is 20.5 Å². The highest BCUT2D eigenvalue weighted by Gasteiger charge is 2.51. The summed E-state index contributed by atoms with van der Waals surface area (Å²) in [6.07, 6.45) is -3.17. The number of amides is 2. The minimum absolute atomic E-state index is 0.0531.